The highest BCUT2D eigenvalue weighted by Gasteiger charge is 2.13. The molecular formula is C16H12N6OS. The fraction of sp³-hybridized carbons (Fsp3) is 0.0625. The van der Waals surface area contributed by atoms with Crippen molar-refractivity contribution < 1.29 is 4.79 Å². The molecule has 3 rings (SSSR count). The topological polar surface area (TPSA) is 96.5 Å². The maximum atomic E-state index is 12.3. The Bertz CT molecular complexity index is 935. The SMILES string of the molecule is Cn1cncc1/C=C(\C#N)C(=O)Nc1nc(-c2ccncc2)cs1. The van der Waals surface area contributed by atoms with Gasteiger partial charge < -0.3 is 4.57 Å². The Hall–Kier alpha value is -3.31. The molecule has 0 unspecified atom stereocenters. The van der Waals surface area contributed by atoms with Crippen LogP contribution in [0, 0.1) is 11.3 Å². The molecule has 3 aromatic heterocycles. The van der Waals surface area contributed by atoms with Crippen molar-refractivity contribution in [3.05, 3.63) is 53.7 Å². The summed E-state index contributed by atoms with van der Waals surface area (Å²) in [4.78, 5) is 24.5. The molecule has 1 amide bonds. The molecule has 3 aromatic rings. The van der Waals surface area contributed by atoms with Crippen molar-refractivity contribution in [2.24, 2.45) is 7.05 Å². The first-order valence-electron chi connectivity index (χ1n) is 6.93. The number of pyridine rings is 1. The third-order valence-corrected chi connectivity index (χ3v) is 3.97. The molecule has 0 atom stereocenters. The van der Waals surface area contributed by atoms with Gasteiger partial charge in [0, 0.05) is 30.4 Å². The molecule has 0 aliphatic rings. The van der Waals surface area contributed by atoms with Gasteiger partial charge in [0.05, 0.1) is 23.9 Å². The number of hydrogen-bond donors (Lipinski definition) is 1. The Morgan fingerprint density at radius 3 is 2.83 bits per heavy atom. The van der Waals surface area contributed by atoms with Crippen LogP contribution in [0.15, 0.2) is 48.0 Å². The Balaban J connectivity index is 1.77. The van der Waals surface area contributed by atoms with Crippen molar-refractivity contribution in [3.63, 3.8) is 0 Å². The zero-order chi connectivity index (χ0) is 16.9. The van der Waals surface area contributed by atoms with Gasteiger partial charge in [0.25, 0.3) is 5.91 Å². The molecule has 0 bridgehead atoms. The third-order valence-electron chi connectivity index (χ3n) is 3.21. The first kappa shape index (κ1) is 15.6. The summed E-state index contributed by atoms with van der Waals surface area (Å²) < 4.78 is 1.72. The summed E-state index contributed by atoms with van der Waals surface area (Å²) in [6.45, 7) is 0. The number of anilines is 1. The Labute approximate surface area is 142 Å². The fourth-order valence-electron chi connectivity index (χ4n) is 1.95. The minimum atomic E-state index is -0.505. The van der Waals surface area contributed by atoms with Gasteiger partial charge in [0.2, 0.25) is 0 Å². The van der Waals surface area contributed by atoms with Crippen LogP contribution in [0.3, 0.4) is 0 Å². The summed E-state index contributed by atoms with van der Waals surface area (Å²) >= 11 is 1.29. The molecule has 0 aliphatic heterocycles. The second-order valence-corrected chi connectivity index (χ2v) is 5.69. The van der Waals surface area contributed by atoms with E-state index in [0.717, 1.165) is 11.3 Å². The number of rotatable bonds is 4. The van der Waals surface area contributed by atoms with Gasteiger partial charge in [0.1, 0.15) is 11.6 Å². The van der Waals surface area contributed by atoms with E-state index in [1.807, 2.05) is 23.6 Å². The molecule has 0 radical (unpaired) electrons. The molecule has 24 heavy (non-hydrogen) atoms. The maximum absolute atomic E-state index is 12.3. The van der Waals surface area contributed by atoms with Crippen LogP contribution in [0.25, 0.3) is 17.3 Å². The number of thiazole rings is 1. The number of nitrogens with zero attached hydrogens (tertiary/aromatic N) is 5. The number of carbonyl (C=O) groups is 1. The van der Waals surface area contributed by atoms with Crippen molar-refractivity contribution in [3.8, 4) is 17.3 Å². The molecule has 0 aromatic carbocycles. The monoisotopic (exact) mass is 336 g/mol. The summed E-state index contributed by atoms with van der Waals surface area (Å²) in [7, 11) is 1.79. The normalized spacial score (nSPS) is 11.1. The van der Waals surface area contributed by atoms with Crippen molar-refractivity contribution in [2.45, 2.75) is 0 Å². The van der Waals surface area contributed by atoms with Gasteiger partial charge in [-0.1, -0.05) is 0 Å². The highest BCUT2D eigenvalue weighted by Crippen LogP contribution is 2.24. The van der Waals surface area contributed by atoms with Crippen molar-refractivity contribution >= 4 is 28.5 Å². The molecule has 1 N–H and O–H groups in total. The number of carbonyl (C=O) groups excluding carboxylic acids is 1. The Morgan fingerprint density at radius 1 is 1.38 bits per heavy atom. The summed E-state index contributed by atoms with van der Waals surface area (Å²) in [5.74, 6) is -0.505. The van der Waals surface area contributed by atoms with Crippen molar-refractivity contribution in [2.75, 3.05) is 5.32 Å². The quantitative estimate of drug-likeness (QED) is 0.583. The van der Waals surface area contributed by atoms with E-state index in [1.165, 1.54) is 17.4 Å². The van der Waals surface area contributed by atoms with Crippen LogP contribution in [0.2, 0.25) is 0 Å². The summed E-state index contributed by atoms with van der Waals surface area (Å²) in [6, 6.07) is 5.58. The number of nitrogens with one attached hydrogen (secondary N) is 1. The maximum Gasteiger partial charge on any atom is 0.268 e. The number of imidazole rings is 1. The predicted octanol–water partition coefficient (Wildman–Crippen LogP) is 2.48. The number of aromatic nitrogens is 4. The summed E-state index contributed by atoms with van der Waals surface area (Å²) in [5.41, 5.74) is 2.30. The highest BCUT2D eigenvalue weighted by molar-refractivity contribution is 7.14. The molecule has 118 valence electrons. The zero-order valence-corrected chi connectivity index (χ0v) is 13.5. The summed E-state index contributed by atoms with van der Waals surface area (Å²) in [5, 5.41) is 14.1. The molecule has 0 saturated heterocycles. The number of amides is 1. The first-order valence-corrected chi connectivity index (χ1v) is 7.80. The van der Waals surface area contributed by atoms with Gasteiger partial charge in [-0.25, -0.2) is 9.97 Å². The second kappa shape index (κ2) is 6.85. The zero-order valence-electron chi connectivity index (χ0n) is 12.7. The lowest BCUT2D eigenvalue weighted by molar-refractivity contribution is -0.112. The average Bonchev–Trinajstić information content (AvgIpc) is 3.22. The van der Waals surface area contributed by atoms with E-state index >= 15 is 0 Å². The van der Waals surface area contributed by atoms with Crippen LogP contribution >= 0.6 is 11.3 Å². The van der Waals surface area contributed by atoms with E-state index in [0.29, 0.717) is 10.8 Å². The van der Waals surface area contributed by atoms with Gasteiger partial charge in [-0.15, -0.1) is 11.3 Å². The first-order chi connectivity index (χ1) is 11.7. The molecule has 0 saturated carbocycles. The number of aryl methyl sites for hydroxylation is 1. The smallest absolute Gasteiger partial charge is 0.268 e. The van der Waals surface area contributed by atoms with Crippen LogP contribution < -0.4 is 5.32 Å². The lowest BCUT2D eigenvalue weighted by atomic mass is 10.2. The molecule has 0 aliphatic carbocycles. The minimum Gasteiger partial charge on any atom is -0.334 e. The van der Waals surface area contributed by atoms with Gasteiger partial charge >= 0.3 is 0 Å². The molecule has 7 nitrogen and oxygen atoms in total. The van der Waals surface area contributed by atoms with Crippen molar-refractivity contribution in [1.29, 1.82) is 5.26 Å². The van der Waals surface area contributed by atoms with E-state index in [1.54, 1.807) is 36.5 Å². The standard InChI is InChI=1S/C16H12N6OS/c1-22-10-19-8-13(22)6-12(7-17)15(23)21-16-20-14(9-24-16)11-2-4-18-5-3-11/h2-6,8-10H,1H3,(H,20,21,23)/b12-6+. The van der Waals surface area contributed by atoms with Crippen LogP contribution in [0.5, 0.6) is 0 Å². The van der Waals surface area contributed by atoms with Gasteiger partial charge in [-0.2, -0.15) is 5.26 Å². The lowest BCUT2D eigenvalue weighted by Gasteiger charge is -2.01. The largest absolute Gasteiger partial charge is 0.334 e. The highest BCUT2D eigenvalue weighted by atomic mass is 32.1. The molecule has 0 fully saturated rings. The number of hydrogen-bond acceptors (Lipinski definition) is 6. The fourth-order valence-corrected chi connectivity index (χ4v) is 2.67. The van der Waals surface area contributed by atoms with E-state index < -0.39 is 5.91 Å². The third kappa shape index (κ3) is 3.37. The molecule has 8 heteroatoms. The van der Waals surface area contributed by atoms with E-state index in [4.69, 9.17) is 0 Å². The van der Waals surface area contributed by atoms with E-state index in [-0.39, 0.29) is 5.57 Å². The summed E-state index contributed by atoms with van der Waals surface area (Å²) in [6.07, 6.45) is 8.02. The van der Waals surface area contributed by atoms with E-state index in [9.17, 15) is 10.1 Å². The van der Waals surface area contributed by atoms with Gasteiger partial charge in [-0.3, -0.25) is 15.1 Å². The Kier molecular flexibility index (Phi) is 4.45. The minimum absolute atomic E-state index is 0.0146. The molecule has 0 spiro atoms. The van der Waals surface area contributed by atoms with Gasteiger partial charge in [-0.05, 0) is 18.2 Å². The van der Waals surface area contributed by atoms with Gasteiger partial charge in [0.15, 0.2) is 5.13 Å². The lowest BCUT2D eigenvalue weighted by Crippen LogP contribution is -2.13. The molecule has 3 heterocycles. The average molecular weight is 336 g/mol. The van der Waals surface area contributed by atoms with Crippen LogP contribution in [0.1, 0.15) is 5.69 Å². The van der Waals surface area contributed by atoms with Crippen molar-refractivity contribution in [1.82, 2.24) is 19.5 Å². The van der Waals surface area contributed by atoms with Crippen LogP contribution in [-0.4, -0.2) is 25.4 Å². The second-order valence-electron chi connectivity index (χ2n) is 4.83. The van der Waals surface area contributed by atoms with E-state index in [2.05, 4.69) is 20.3 Å². The predicted molar refractivity (Wildman–Crippen MR) is 90.8 cm³/mol. The Morgan fingerprint density at radius 2 is 2.17 bits per heavy atom. The van der Waals surface area contributed by atoms with Crippen LogP contribution in [0.4, 0.5) is 5.13 Å². The number of nitriles is 1. The molecular weight excluding hydrogens is 324 g/mol. The van der Waals surface area contributed by atoms with Crippen LogP contribution in [-0.2, 0) is 11.8 Å².